The highest BCUT2D eigenvalue weighted by molar-refractivity contribution is 9.10. The van der Waals surface area contributed by atoms with E-state index in [-0.39, 0.29) is 18.0 Å². The van der Waals surface area contributed by atoms with Crippen molar-refractivity contribution in [3.05, 3.63) is 34.1 Å². The number of carbonyl (C=O) groups is 2. The maximum atomic E-state index is 13.9. The molecule has 2 N–H and O–H groups in total. The lowest BCUT2D eigenvalue weighted by molar-refractivity contribution is -0.122. The minimum absolute atomic E-state index is 0.0144. The molecule has 1 saturated heterocycles. The van der Waals surface area contributed by atoms with Crippen molar-refractivity contribution in [1.29, 1.82) is 0 Å². The second kappa shape index (κ2) is 6.53. The summed E-state index contributed by atoms with van der Waals surface area (Å²) < 4.78 is 19.5. The fraction of sp³-hybridized carbons (Fsp3) is 0.429. The zero-order valence-electron chi connectivity index (χ0n) is 11.5. The Kier molecular flexibility index (Phi) is 4.95. The van der Waals surface area contributed by atoms with E-state index in [9.17, 15) is 14.0 Å². The molecule has 7 heteroatoms. The molecule has 0 radical (unpaired) electrons. The summed E-state index contributed by atoms with van der Waals surface area (Å²) in [5.74, 6) is -2.13. The van der Waals surface area contributed by atoms with Crippen molar-refractivity contribution in [3.63, 3.8) is 0 Å². The maximum Gasteiger partial charge on any atom is 0.256 e. The molecule has 0 aliphatic carbocycles. The third-order valence-electron chi connectivity index (χ3n) is 3.64. The molecule has 0 saturated carbocycles. The Hall–Kier alpha value is -1.47. The minimum Gasteiger partial charge on any atom is -0.384 e. The van der Waals surface area contributed by atoms with E-state index in [4.69, 9.17) is 10.5 Å². The van der Waals surface area contributed by atoms with Crippen molar-refractivity contribution in [2.24, 2.45) is 17.6 Å². The molecular formula is C14H16BrFN2O3. The molecule has 2 unspecified atom stereocenters. The molecular weight excluding hydrogens is 343 g/mol. The van der Waals surface area contributed by atoms with E-state index in [1.165, 1.54) is 24.1 Å². The Balaban J connectivity index is 2.18. The number of methoxy groups -OCH3 is 1. The number of ether oxygens (including phenoxy) is 1. The Morgan fingerprint density at radius 2 is 2.19 bits per heavy atom. The van der Waals surface area contributed by atoms with Crippen LogP contribution in [0, 0.1) is 17.7 Å². The lowest BCUT2D eigenvalue weighted by Crippen LogP contribution is -2.32. The van der Waals surface area contributed by atoms with Gasteiger partial charge in [0.25, 0.3) is 5.91 Å². The number of halogens is 2. The molecule has 0 aromatic heterocycles. The minimum atomic E-state index is -0.597. The third kappa shape index (κ3) is 3.41. The van der Waals surface area contributed by atoms with Gasteiger partial charge in [-0.2, -0.15) is 0 Å². The van der Waals surface area contributed by atoms with E-state index in [1.54, 1.807) is 6.07 Å². The first-order valence-corrected chi connectivity index (χ1v) is 7.26. The van der Waals surface area contributed by atoms with Gasteiger partial charge in [-0.25, -0.2) is 4.39 Å². The Labute approximate surface area is 130 Å². The molecule has 2 atom stereocenters. The number of carbonyl (C=O) groups excluding carboxylic acids is 2. The van der Waals surface area contributed by atoms with E-state index < -0.39 is 23.5 Å². The van der Waals surface area contributed by atoms with Crippen LogP contribution in [0.25, 0.3) is 0 Å². The molecule has 21 heavy (non-hydrogen) atoms. The summed E-state index contributed by atoms with van der Waals surface area (Å²) in [5.41, 5.74) is 5.34. The molecule has 114 valence electrons. The number of amides is 2. The molecule has 1 aromatic rings. The van der Waals surface area contributed by atoms with Gasteiger partial charge >= 0.3 is 0 Å². The lowest BCUT2D eigenvalue weighted by atomic mass is 9.96. The Bertz CT molecular complexity index is 567. The second-order valence-corrected chi connectivity index (χ2v) is 5.97. The molecule has 1 fully saturated rings. The largest absolute Gasteiger partial charge is 0.384 e. The first kappa shape index (κ1) is 15.9. The molecule has 0 spiro atoms. The van der Waals surface area contributed by atoms with Crippen molar-refractivity contribution in [1.82, 2.24) is 4.90 Å². The van der Waals surface area contributed by atoms with Crippen molar-refractivity contribution >= 4 is 27.7 Å². The van der Waals surface area contributed by atoms with Gasteiger partial charge in [0.15, 0.2) is 0 Å². The fourth-order valence-corrected chi connectivity index (χ4v) is 2.91. The highest BCUT2D eigenvalue weighted by atomic mass is 79.9. The number of primary amides is 1. The van der Waals surface area contributed by atoms with Crippen LogP contribution in [0.1, 0.15) is 10.4 Å². The van der Waals surface area contributed by atoms with Gasteiger partial charge in [-0.15, -0.1) is 0 Å². The summed E-state index contributed by atoms with van der Waals surface area (Å²) in [6.45, 7) is 0.855. The normalized spacial score (nSPS) is 21.6. The van der Waals surface area contributed by atoms with Gasteiger partial charge in [-0.05, 0) is 18.2 Å². The van der Waals surface area contributed by atoms with E-state index in [0.717, 1.165) is 0 Å². The Morgan fingerprint density at radius 1 is 1.48 bits per heavy atom. The number of nitrogens with two attached hydrogens (primary N) is 1. The average Bonchev–Trinajstić information content (AvgIpc) is 2.83. The van der Waals surface area contributed by atoms with Crippen LogP contribution in [0.2, 0.25) is 0 Å². The van der Waals surface area contributed by atoms with Crippen LogP contribution in [-0.2, 0) is 9.53 Å². The van der Waals surface area contributed by atoms with E-state index in [1.807, 2.05) is 0 Å². The molecule has 1 heterocycles. The number of nitrogens with zero attached hydrogens (tertiary/aromatic N) is 1. The van der Waals surface area contributed by atoms with Gasteiger partial charge in [0.05, 0.1) is 18.1 Å². The van der Waals surface area contributed by atoms with Gasteiger partial charge < -0.3 is 15.4 Å². The van der Waals surface area contributed by atoms with Gasteiger partial charge in [-0.3, -0.25) is 9.59 Å². The summed E-state index contributed by atoms with van der Waals surface area (Å²) >= 11 is 3.15. The standard InChI is InChI=1S/C14H16BrFN2O3/c1-21-7-8-5-18(6-11(8)13(17)19)14(20)10-3-2-9(15)4-12(10)16/h2-4,8,11H,5-7H2,1H3,(H2,17,19). The van der Waals surface area contributed by atoms with Crippen LogP contribution in [0.3, 0.4) is 0 Å². The van der Waals surface area contributed by atoms with Gasteiger partial charge in [-0.1, -0.05) is 15.9 Å². The van der Waals surface area contributed by atoms with E-state index >= 15 is 0 Å². The first-order chi connectivity index (χ1) is 9.93. The zero-order valence-corrected chi connectivity index (χ0v) is 13.1. The van der Waals surface area contributed by atoms with Gasteiger partial charge in [0.2, 0.25) is 5.91 Å². The predicted molar refractivity (Wildman–Crippen MR) is 78.1 cm³/mol. The summed E-state index contributed by atoms with van der Waals surface area (Å²) in [5, 5.41) is 0. The third-order valence-corrected chi connectivity index (χ3v) is 4.13. The summed E-state index contributed by atoms with van der Waals surface area (Å²) in [6, 6.07) is 4.26. The monoisotopic (exact) mass is 358 g/mol. The lowest BCUT2D eigenvalue weighted by Gasteiger charge is -2.16. The van der Waals surface area contributed by atoms with Crippen molar-refractivity contribution in [2.75, 3.05) is 26.8 Å². The molecule has 1 aliphatic rings. The number of benzene rings is 1. The maximum absolute atomic E-state index is 13.9. The van der Waals surface area contributed by atoms with Crippen LogP contribution in [-0.4, -0.2) is 43.5 Å². The van der Waals surface area contributed by atoms with Crippen molar-refractivity contribution < 1.29 is 18.7 Å². The molecule has 1 aromatic carbocycles. The zero-order chi connectivity index (χ0) is 15.6. The SMILES string of the molecule is COCC1CN(C(=O)c2ccc(Br)cc2F)CC1C(N)=O. The molecule has 0 bridgehead atoms. The molecule has 2 amide bonds. The number of hydrogen-bond acceptors (Lipinski definition) is 3. The second-order valence-electron chi connectivity index (χ2n) is 5.06. The van der Waals surface area contributed by atoms with Crippen molar-refractivity contribution in [2.45, 2.75) is 0 Å². The Morgan fingerprint density at radius 3 is 2.76 bits per heavy atom. The number of rotatable bonds is 4. The summed E-state index contributed by atoms with van der Waals surface area (Å²) in [4.78, 5) is 25.3. The molecule has 2 rings (SSSR count). The van der Waals surface area contributed by atoms with Gasteiger partial charge in [0.1, 0.15) is 5.82 Å². The van der Waals surface area contributed by atoms with Crippen LogP contribution in [0.15, 0.2) is 22.7 Å². The summed E-state index contributed by atoms with van der Waals surface area (Å²) in [7, 11) is 1.52. The highest BCUT2D eigenvalue weighted by Crippen LogP contribution is 2.26. The van der Waals surface area contributed by atoms with Gasteiger partial charge in [0, 0.05) is 30.6 Å². The fourth-order valence-electron chi connectivity index (χ4n) is 2.58. The first-order valence-electron chi connectivity index (χ1n) is 6.46. The van der Waals surface area contributed by atoms with E-state index in [2.05, 4.69) is 15.9 Å². The molecule has 5 nitrogen and oxygen atoms in total. The number of hydrogen-bond donors (Lipinski definition) is 1. The summed E-state index contributed by atoms with van der Waals surface area (Å²) in [6.07, 6.45) is 0. The van der Waals surface area contributed by atoms with Crippen LogP contribution >= 0.6 is 15.9 Å². The predicted octanol–water partition coefficient (Wildman–Crippen LogP) is 1.41. The number of likely N-dealkylation sites (tertiary alicyclic amines) is 1. The van der Waals surface area contributed by atoms with Crippen LogP contribution in [0.4, 0.5) is 4.39 Å². The average molecular weight is 359 g/mol. The topological polar surface area (TPSA) is 72.6 Å². The molecule has 1 aliphatic heterocycles. The highest BCUT2D eigenvalue weighted by Gasteiger charge is 2.39. The smallest absolute Gasteiger partial charge is 0.256 e. The van der Waals surface area contributed by atoms with Crippen molar-refractivity contribution in [3.8, 4) is 0 Å². The van der Waals surface area contributed by atoms with Crippen LogP contribution < -0.4 is 5.73 Å². The quantitative estimate of drug-likeness (QED) is 0.884. The van der Waals surface area contributed by atoms with Crippen LogP contribution in [0.5, 0.6) is 0 Å². The van der Waals surface area contributed by atoms with E-state index in [0.29, 0.717) is 17.6 Å².